The van der Waals surface area contributed by atoms with Crippen LogP contribution < -0.4 is 10.1 Å². The molecule has 164 valence electrons. The van der Waals surface area contributed by atoms with E-state index in [1.54, 1.807) is 23.1 Å². The molecule has 3 heterocycles. The van der Waals surface area contributed by atoms with Gasteiger partial charge in [0, 0.05) is 19.1 Å². The Morgan fingerprint density at radius 3 is 3.00 bits per heavy atom. The van der Waals surface area contributed by atoms with Crippen molar-refractivity contribution in [3.05, 3.63) is 48.2 Å². The van der Waals surface area contributed by atoms with Crippen molar-refractivity contribution in [2.24, 2.45) is 5.92 Å². The first kappa shape index (κ1) is 20.2. The highest BCUT2D eigenvalue weighted by Gasteiger charge is 2.46. The molecule has 1 saturated heterocycles. The van der Waals surface area contributed by atoms with Crippen LogP contribution in [0.15, 0.2) is 36.7 Å². The van der Waals surface area contributed by atoms with E-state index in [4.69, 9.17) is 4.74 Å². The number of amides is 1. The number of anilines is 1. The van der Waals surface area contributed by atoms with Crippen LogP contribution in [0.2, 0.25) is 0 Å². The number of aromatic amines is 1. The van der Waals surface area contributed by atoms with Crippen molar-refractivity contribution in [1.82, 2.24) is 19.9 Å². The minimum atomic E-state index is -0.979. The van der Waals surface area contributed by atoms with Crippen LogP contribution in [-0.4, -0.2) is 57.7 Å². The molecule has 1 saturated carbocycles. The minimum Gasteiger partial charge on any atom is -0.478 e. The lowest BCUT2D eigenvalue weighted by Crippen LogP contribution is -2.33. The van der Waals surface area contributed by atoms with Gasteiger partial charge in [-0.25, -0.2) is 18.7 Å². The van der Waals surface area contributed by atoms with Crippen molar-refractivity contribution in [3.8, 4) is 17.6 Å². The third kappa shape index (κ3) is 4.21. The number of carbonyl (C=O) groups excluding carboxylic acids is 1. The Morgan fingerprint density at radius 1 is 1.34 bits per heavy atom. The maximum atomic E-state index is 13.6. The summed E-state index contributed by atoms with van der Waals surface area (Å²) in [6.45, 7) is 1.18. The van der Waals surface area contributed by atoms with Gasteiger partial charge >= 0.3 is 0 Å². The quantitative estimate of drug-likeness (QED) is 0.600. The van der Waals surface area contributed by atoms with Crippen LogP contribution in [0.1, 0.15) is 18.5 Å². The zero-order chi connectivity index (χ0) is 22.1. The van der Waals surface area contributed by atoms with E-state index in [1.807, 2.05) is 6.07 Å². The van der Waals surface area contributed by atoms with Gasteiger partial charge in [-0.1, -0.05) is 18.1 Å². The van der Waals surface area contributed by atoms with Crippen LogP contribution in [-0.2, 0) is 4.79 Å². The van der Waals surface area contributed by atoms with Gasteiger partial charge in [0.1, 0.15) is 30.6 Å². The Kier molecular flexibility index (Phi) is 5.35. The van der Waals surface area contributed by atoms with Crippen LogP contribution in [0.25, 0.3) is 11.0 Å². The predicted octanol–water partition coefficient (Wildman–Crippen LogP) is 2.90. The van der Waals surface area contributed by atoms with Gasteiger partial charge in [-0.05, 0) is 37.0 Å². The molecule has 2 N–H and O–H groups in total. The molecular formula is C23H21F2N5O2. The molecule has 2 aliphatic rings. The molecule has 5 rings (SSSR count). The summed E-state index contributed by atoms with van der Waals surface area (Å²) in [6, 6.07) is 8.04. The van der Waals surface area contributed by atoms with Crippen molar-refractivity contribution >= 4 is 22.8 Å². The first-order chi connectivity index (χ1) is 15.6. The Labute approximate surface area is 183 Å². The molecule has 2 unspecified atom stereocenters. The number of likely N-dealkylation sites (tertiary alicyclic amines) is 1. The molecule has 0 spiro atoms. The van der Waals surface area contributed by atoms with Crippen LogP contribution in [0.5, 0.6) is 5.75 Å². The maximum absolute atomic E-state index is 13.6. The molecule has 7 nitrogen and oxygen atoms in total. The Bertz CT molecular complexity index is 1220. The number of alkyl halides is 1. The summed E-state index contributed by atoms with van der Waals surface area (Å²) in [4.78, 5) is 25.7. The standard InChI is InChI=1S/C23H21F2N5O2/c24-18-5-1-2-6-20(18)32-9-3-4-14-10-17-21(28-14)26-13-27-22(17)29-15-7-8-30(12-15)23(31)16-11-19(16)25/h1-2,5-6,10,13,15-16,19H,7-9,11-12H2,(H2,26,27,28,29)/t15-,16?,19?/m1/s1. The number of para-hydroxylation sites is 1. The fourth-order valence-electron chi connectivity index (χ4n) is 3.85. The smallest absolute Gasteiger partial charge is 0.228 e. The van der Waals surface area contributed by atoms with Crippen molar-refractivity contribution in [1.29, 1.82) is 0 Å². The molecule has 0 bridgehead atoms. The number of H-pyrrole nitrogens is 1. The van der Waals surface area contributed by atoms with Gasteiger partial charge in [0.2, 0.25) is 5.91 Å². The number of fused-ring (bicyclic) bond motifs is 1. The van der Waals surface area contributed by atoms with Crippen LogP contribution in [0.3, 0.4) is 0 Å². The molecular weight excluding hydrogens is 416 g/mol. The molecule has 3 aromatic rings. The maximum Gasteiger partial charge on any atom is 0.228 e. The average molecular weight is 437 g/mol. The van der Waals surface area contributed by atoms with E-state index in [0.29, 0.717) is 36.7 Å². The number of benzene rings is 1. The van der Waals surface area contributed by atoms with Gasteiger partial charge in [-0.3, -0.25) is 4.79 Å². The molecule has 2 aromatic heterocycles. The van der Waals surface area contributed by atoms with Gasteiger partial charge in [0.05, 0.1) is 17.0 Å². The summed E-state index contributed by atoms with van der Waals surface area (Å²) in [7, 11) is 0. The Morgan fingerprint density at radius 2 is 2.19 bits per heavy atom. The third-order valence-electron chi connectivity index (χ3n) is 5.66. The summed E-state index contributed by atoms with van der Waals surface area (Å²) >= 11 is 0. The van der Waals surface area contributed by atoms with Crippen LogP contribution >= 0.6 is 0 Å². The first-order valence-electron chi connectivity index (χ1n) is 10.5. The first-order valence-corrected chi connectivity index (χ1v) is 10.5. The van der Waals surface area contributed by atoms with Crippen LogP contribution in [0.4, 0.5) is 14.6 Å². The minimum absolute atomic E-state index is 0.0347. The predicted molar refractivity (Wildman–Crippen MR) is 114 cm³/mol. The second kappa shape index (κ2) is 8.46. The molecule has 1 aliphatic carbocycles. The van der Waals surface area contributed by atoms with E-state index in [0.717, 1.165) is 11.8 Å². The summed E-state index contributed by atoms with van der Waals surface area (Å²) in [6.07, 6.45) is 1.59. The largest absolute Gasteiger partial charge is 0.478 e. The number of ether oxygens (including phenoxy) is 1. The summed E-state index contributed by atoms with van der Waals surface area (Å²) < 4.78 is 32.1. The van der Waals surface area contributed by atoms with E-state index >= 15 is 0 Å². The number of carbonyl (C=O) groups is 1. The lowest BCUT2D eigenvalue weighted by molar-refractivity contribution is -0.131. The van der Waals surface area contributed by atoms with Gasteiger partial charge in [-0.15, -0.1) is 0 Å². The molecule has 0 radical (unpaired) electrons. The zero-order valence-corrected chi connectivity index (χ0v) is 17.1. The fourth-order valence-corrected chi connectivity index (χ4v) is 3.85. The monoisotopic (exact) mass is 437 g/mol. The summed E-state index contributed by atoms with van der Waals surface area (Å²) in [5.74, 6) is 5.64. The molecule has 32 heavy (non-hydrogen) atoms. The lowest BCUT2D eigenvalue weighted by atomic mass is 10.2. The number of rotatable bonds is 5. The highest BCUT2D eigenvalue weighted by Crippen LogP contribution is 2.36. The molecule has 9 heteroatoms. The zero-order valence-electron chi connectivity index (χ0n) is 17.1. The molecule has 1 aliphatic heterocycles. The second-order valence-electron chi connectivity index (χ2n) is 7.96. The Hall–Kier alpha value is -3.67. The van der Waals surface area contributed by atoms with Crippen molar-refractivity contribution < 1.29 is 18.3 Å². The number of halogens is 2. The summed E-state index contributed by atoms with van der Waals surface area (Å²) in [5, 5.41) is 4.15. The van der Waals surface area contributed by atoms with E-state index in [1.165, 1.54) is 12.4 Å². The highest BCUT2D eigenvalue weighted by molar-refractivity contribution is 5.88. The van der Waals surface area contributed by atoms with Crippen molar-refractivity contribution in [2.45, 2.75) is 25.1 Å². The molecule has 3 atom stereocenters. The SMILES string of the molecule is O=C(C1CC1F)N1CC[C@@H](Nc2ncnc3[nH]c(C#CCOc4ccccc4F)cc23)C1. The summed E-state index contributed by atoms with van der Waals surface area (Å²) in [5.41, 5.74) is 1.26. The van der Waals surface area contributed by atoms with E-state index < -0.39 is 17.9 Å². The van der Waals surface area contributed by atoms with E-state index in [-0.39, 0.29) is 24.3 Å². The van der Waals surface area contributed by atoms with Gasteiger partial charge < -0.3 is 19.9 Å². The van der Waals surface area contributed by atoms with Gasteiger partial charge in [-0.2, -0.15) is 0 Å². The molecule has 1 amide bonds. The lowest BCUT2D eigenvalue weighted by Gasteiger charge is -2.17. The number of hydrogen-bond acceptors (Lipinski definition) is 5. The topological polar surface area (TPSA) is 83.1 Å². The average Bonchev–Trinajstić information content (AvgIpc) is 3.16. The fraction of sp³-hybridized carbons (Fsp3) is 0.348. The Balaban J connectivity index is 1.23. The second-order valence-corrected chi connectivity index (χ2v) is 7.96. The van der Waals surface area contributed by atoms with Crippen molar-refractivity contribution in [2.75, 3.05) is 25.0 Å². The number of hydrogen-bond donors (Lipinski definition) is 2. The molecule has 1 aromatic carbocycles. The van der Waals surface area contributed by atoms with E-state index in [9.17, 15) is 13.6 Å². The van der Waals surface area contributed by atoms with Gasteiger partial charge in [0.15, 0.2) is 11.6 Å². The number of nitrogens with zero attached hydrogens (tertiary/aromatic N) is 3. The van der Waals surface area contributed by atoms with Crippen LogP contribution in [0, 0.1) is 23.6 Å². The molecule has 2 fully saturated rings. The van der Waals surface area contributed by atoms with E-state index in [2.05, 4.69) is 32.1 Å². The highest BCUT2D eigenvalue weighted by atomic mass is 19.1. The van der Waals surface area contributed by atoms with Gasteiger partial charge in [0.25, 0.3) is 0 Å². The van der Waals surface area contributed by atoms with Crippen molar-refractivity contribution in [3.63, 3.8) is 0 Å². The number of aromatic nitrogens is 3. The number of nitrogens with one attached hydrogen (secondary N) is 2. The normalized spacial score (nSPS) is 21.8. The third-order valence-corrected chi connectivity index (χ3v) is 5.66.